The number of carboxylic acids is 1. The minimum absolute atomic E-state index is 0.0216. The van der Waals surface area contributed by atoms with Crippen LogP contribution in [0.3, 0.4) is 0 Å². The number of phenolic OH excluding ortho intramolecular Hbond substituents is 1. The number of hydrogen-bond donors (Lipinski definition) is 5. The average Bonchev–Trinajstić information content (AvgIpc) is 3.62. The summed E-state index contributed by atoms with van der Waals surface area (Å²) < 4.78 is 1.46. The van der Waals surface area contributed by atoms with Crippen molar-refractivity contribution in [2.45, 2.75) is 22.6 Å². The lowest BCUT2D eigenvalue weighted by atomic mass is 10.0. The van der Waals surface area contributed by atoms with Crippen molar-refractivity contribution in [1.29, 1.82) is 0 Å². The Morgan fingerprint density at radius 2 is 2.02 bits per heavy atom. The fourth-order valence-electron chi connectivity index (χ4n) is 4.79. The highest BCUT2D eigenvalue weighted by atomic mass is 32.2. The van der Waals surface area contributed by atoms with Crippen molar-refractivity contribution in [3.05, 3.63) is 71.2 Å². The lowest BCUT2D eigenvalue weighted by Crippen LogP contribution is -2.71. The maximum absolute atomic E-state index is 13.6. The molecule has 4 heterocycles. The maximum Gasteiger partial charge on any atom is 0.352 e. The third kappa shape index (κ3) is 5.39. The van der Waals surface area contributed by atoms with Crippen LogP contribution in [0.1, 0.15) is 22.2 Å². The van der Waals surface area contributed by atoms with Crippen molar-refractivity contribution in [3.8, 4) is 5.75 Å². The first-order valence-corrected chi connectivity index (χ1v) is 14.8. The number of aromatic nitrogens is 6. The van der Waals surface area contributed by atoms with Crippen molar-refractivity contribution in [2.75, 3.05) is 11.5 Å². The number of imidazole rings is 1. The molecule has 2 aromatic heterocycles. The number of para-hydroxylation sites is 2. The molecule has 3 atom stereocenters. The summed E-state index contributed by atoms with van der Waals surface area (Å²) in [5.74, 6) is -2.83. The number of phenols is 1. The van der Waals surface area contributed by atoms with Crippen LogP contribution in [0.15, 0.2) is 65.0 Å². The van der Waals surface area contributed by atoms with Gasteiger partial charge in [-0.15, -0.1) is 16.9 Å². The number of amides is 3. The number of nitrogens with one attached hydrogen (secondary N) is 3. The van der Waals surface area contributed by atoms with Gasteiger partial charge in [-0.1, -0.05) is 36.0 Å². The quantitative estimate of drug-likeness (QED) is 0.130. The molecule has 1 saturated heterocycles. The molecule has 0 saturated carbocycles. The fourth-order valence-corrected chi connectivity index (χ4v) is 7.13. The normalized spacial score (nSPS) is 18.6. The molecule has 15 nitrogen and oxygen atoms in total. The van der Waals surface area contributed by atoms with Crippen LogP contribution < -0.4 is 10.6 Å². The molecule has 2 aliphatic heterocycles. The topological polar surface area (TPSA) is 208 Å². The highest BCUT2D eigenvalue weighted by Gasteiger charge is 2.54. The van der Waals surface area contributed by atoms with E-state index in [0.717, 1.165) is 0 Å². The molecular weight excluding hydrogens is 598 g/mol. The van der Waals surface area contributed by atoms with Crippen LogP contribution in [0.5, 0.6) is 5.75 Å². The second-order valence-electron chi connectivity index (χ2n) is 9.63. The first kappa shape index (κ1) is 28.2. The van der Waals surface area contributed by atoms with Gasteiger partial charge in [0.15, 0.2) is 5.82 Å². The largest absolute Gasteiger partial charge is 0.508 e. The summed E-state index contributed by atoms with van der Waals surface area (Å²) in [5.41, 5.74) is 1.85. The minimum atomic E-state index is -1.30. The minimum Gasteiger partial charge on any atom is -0.508 e. The first-order valence-electron chi connectivity index (χ1n) is 12.8. The average molecular weight is 622 g/mol. The number of carbonyl (C=O) groups excluding carboxylic acids is 3. The van der Waals surface area contributed by atoms with Gasteiger partial charge in [-0.25, -0.2) is 14.5 Å². The van der Waals surface area contributed by atoms with Gasteiger partial charge in [0.1, 0.15) is 28.9 Å². The number of hydrogen-bond acceptors (Lipinski definition) is 11. The molecule has 3 amide bonds. The van der Waals surface area contributed by atoms with Gasteiger partial charge >= 0.3 is 5.97 Å². The zero-order chi connectivity index (χ0) is 30.2. The number of benzene rings is 2. The first-order chi connectivity index (χ1) is 20.7. The van der Waals surface area contributed by atoms with Gasteiger partial charge in [-0.05, 0) is 45.8 Å². The SMILES string of the molecule is Cn1nnnc1SCC1=C(C(=O)O)N2C(=O)C(NC(=O)C(NC(=O)c3nc4ccccc4[nH]3)c3cccc(O)c3)[C@H]2SC1. The molecule has 5 N–H and O–H groups in total. The van der Waals surface area contributed by atoms with Crippen molar-refractivity contribution >= 4 is 58.2 Å². The Morgan fingerprint density at radius 1 is 1.21 bits per heavy atom. The molecule has 17 heteroatoms. The van der Waals surface area contributed by atoms with Crippen LogP contribution in [0, 0.1) is 0 Å². The lowest BCUT2D eigenvalue weighted by Gasteiger charge is -2.49. The summed E-state index contributed by atoms with van der Waals surface area (Å²) in [7, 11) is 1.66. The summed E-state index contributed by atoms with van der Waals surface area (Å²) in [6.45, 7) is 0. The molecule has 0 bridgehead atoms. The molecule has 220 valence electrons. The number of carboxylic acid groups (broad SMARTS) is 1. The summed E-state index contributed by atoms with van der Waals surface area (Å²) in [4.78, 5) is 60.6. The molecule has 2 aromatic carbocycles. The lowest BCUT2D eigenvalue weighted by molar-refractivity contribution is -0.151. The molecule has 43 heavy (non-hydrogen) atoms. The van der Waals surface area contributed by atoms with Gasteiger partial charge < -0.3 is 25.8 Å². The predicted octanol–water partition coefficient (Wildman–Crippen LogP) is 0.794. The second kappa shape index (κ2) is 11.4. The molecule has 0 aliphatic carbocycles. The zero-order valence-electron chi connectivity index (χ0n) is 22.3. The van der Waals surface area contributed by atoms with E-state index in [1.165, 1.54) is 51.3 Å². The van der Waals surface area contributed by atoms with Gasteiger partial charge in [-0.2, -0.15) is 0 Å². The van der Waals surface area contributed by atoms with E-state index in [1.807, 2.05) is 0 Å². The Bertz CT molecular complexity index is 1770. The van der Waals surface area contributed by atoms with Crippen LogP contribution in [0.25, 0.3) is 11.0 Å². The summed E-state index contributed by atoms with van der Waals surface area (Å²) in [6, 6.07) is 10.5. The monoisotopic (exact) mass is 621 g/mol. The van der Waals surface area contributed by atoms with Crippen molar-refractivity contribution in [3.63, 3.8) is 0 Å². The van der Waals surface area contributed by atoms with E-state index in [0.29, 0.717) is 27.5 Å². The van der Waals surface area contributed by atoms with Crippen LogP contribution in [-0.2, 0) is 21.4 Å². The number of aliphatic carboxylic acids is 1. The van der Waals surface area contributed by atoms with Gasteiger partial charge in [-0.3, -0.25) is 19.3 Å². The summed E-state index contributed by atoms with van der Waals surface area (Å²) in [5, 5.41) is 36.4. The maximum atomic E-state index is 13.6. The predicted molar refractivity (Wildman–Crippen MR) is 154 cm³/mol. The molecule has 2 unspecified atom stereocenters. The number of β-lactam (4-membered cyclic amide) rings is 1. The molecule has 0 radical (unpaired) electrons. The number of aromatic amines is 1. The second-order valence-corrected chi connectivity index (χ2v) is 11.7. The molecular formula is C26H23N9O6S2. The van der Waals surface area contributed by atoms with E-state index in [4.69, 9.17) is 0 Å². The summed E-state index contributed by atoms with van der Waals surface area (Å²) in [6.07, 6.45) is 0. The molecule has 1 fully saturated rings. The van der Waals surface area contributed by atoms with Crippen molar-refractivity contribution in [2.24, 2.45) is 7.05 Å². The number of nitrogens with zero attached hydrogens (tertiary/aromatic N) is 6. The van der Waals surface area contributed by atoms with E-state index >= 15 is 0 Å². The molecule has 0 spiro atoms. The fraction of sp³-hybridized carbons (Fsp3) is 0.231. The highest BCUT2D eigenvalue weighted by molar-refractivity contribution is 8.01. The van der Waals surface area contributed by atoms with Crippen molar-refractivity contribution in [1.82, 2.24) is 45.7 Å². The highest BCUT2D eigenvalue weighted by Crippen LogP contribution is 2.41. The Hall–Kier alpha value is -4.90. The Morgan fingerprint density at radius 3 is 2.74 bits per heavy atom. The van der Waals surface area contributed by atoms with Gasteiger partial charge in [0.2, 0.25) is 11.1 Å². The van der Waals surface area contributed by atoms with Gasteiger partial charge in [0.25, 0.3) is 11.8 Å². The number of carbonyl (C=O) groups is 4. The van der Waals surface area contributed by atoms with Crippen LogP contribution >= 0.6 is 23.5 Å². The number of rotatable bonds is 9. The standard InChI is InChI=1S/C26H23N9O6S2/c1-34-26(31-32-33-34)43-11-13-10-42-24-18(23(39)35(24)19(13)25(40)41)30-21(37)17(12-5-4-6-14(36)9-12)29-22(38)20-27-15-7-2-3-8-16(15)28-20/h2-9,17-18,24,36H,10-11H2,1H3,(H,27,28)(H,29,38)(H,30,37)(H,40,41)/t17?,18?,24-/m1/s1. The summed E-state index contributed by atoms with van der Waals surface area (Å²) >= 11 is 2.56. The number of H-pyrrole nitrogens is 1. The zero-order valence-corrected chi connectivity index (χ0v) is 23.9. The number of aryl methyl sites for hydroxylation is 1. The third-order valence-electron chi connectivity index (χ3n) is 6.85. The van der Waals surface area contributed by atoms with E-state index in [9.17, 15) is 29.4 Å². The number of thioether (sulfide) groups is 2. The number of tetrazole rings is 1. The number of aromatic hydroxyl groups is 1. The smallest absolute Gasteiger partial charge is 0.352 e. The Kier molecular flexibility index (Phi) is 7.49. The number of fused-ring (bicyclic) bond motifs is 2. The Labute approximate surface area is 251 Å². The molecule has 6 rings (SSSR count). The Balaban J connectivity index is 1.20. The van der Waals surface area contributed by atoms with Crippen LogP contribution in [-0.4, -0.2) is 91.9 Å². The van der Waals surface area contributed by atoms with Crippen LogP contribution in [0.2, 0.25) is 0 Å². The molecule has 4 aromatic rings. The van der Waals surface area contributed by atoms with E-state index in [2.05, 4.69) is 36.1 Å². The third-order valence-corrected chi connectivity index (χ3v) is 9.29. The van der Waals surface area contributed by atoms with Crippen LogP contribution in [0.4, 0.5) is 0 Å². The molecule has 2 aliphatic rings. The van der Waals surface area contributed by atoms with E-state index < -0.39 is 41.1 Å². The van der Waals surface area contributed by atoms with Crippen molar-refractivity contribution < 1.29 is 29.4 Å². The van der Waals surface area contributed by atoms with Gasteiger partial charge in [0, 0.05) is 18.6 Å². The van der Waals surface area contributed by atoms with E-state index in [-0.39, 0.29) is 28.6 Å². The van der Waals surface area contributed by atoms with Gasteiger partial charge in [0.05, 0.1) is 11.0 Å². The van der Waals surface area contributed by atoms with E-state index in [1.54, 1.807) is 37.4 Å².